The maximum absolute atomic E-state index is 11.7. The van der Waals surface area contributed by atoms with E-state index in [0.29, 0.717) is 38.5 Å². The van der Waals surface area contributed by atoms with Crippen LogP contribution < -0.4 is 5.73 Å². The lowest BCUT2D eigenvalue weighted by Crippen LogP contribution is -2.51. The highest BCUT2D eigenvalue weighted by Gasteiger charge is 2.56. The Morgan fingerprint density at radius 2 is 0.867 bits per heavy atom. The zero-order valence-electron chi connectivity index (χ0n) is 18.0. The van der Waals surface area contributed by atoms with Crippen molar-refractivity contribution in [2.45, 2.75) is 77.0 Å². The molecular formula is C22H33NO7. The molecule has 0 unspecified atom stereocenters. The van der Waals surface area contributed by atoms with Crippen LogP contribution in [0.2, 0.25) is 0 Å². The summed E-state index contributed by atoms with van der Waals surface area (Å²) in [6, 6.07) is 0. The summed E-state index contributed by atoms with van der Waals surface area (Å²) in [7, 11) is 2.84. The molecule has 0 saturated heterocycles. The third-order valence-corrected chi connectivity index (χ3v) is 8.71. The SMILES string of the molecule is COC(=O)C12CCC(C(=O)O)(CC1)CC2.COC(=O)C12CCC(C(N)=O)(CC1)CC2. The van der Waals surface area contributed by atoms with Crippen LogP contribution in [0.3, 0.4) is 0 Å². The van der Waals surface area contributed by atoms with Crippen molar-refractivity contribution in [3.05, 3.63) is 0 Å². The monoisotopic (exact) mass is 423 g/mol. The molecule has 6 rings (SSSR count). The van der Waals surface area contributed by atoms with E-state index < -0.39 is 11.4 Å². The van der Waals surface area contributed by atoms with Gasteiger partial charge in [-0.3, -0.25) is 19.2 Å². The van der Waals surface area contributed by atoms with Crippen LogP contribution in [0.4, 0.5) is 0 Å². The third kappa shape index (κ3) is 3.48. The van der Waals surface area contributed by atoms with E-state index in [2.05, 4.69) is 0 Å². The second-order valence-corrected chi connectivity index (χ2v) is 9.77. The first-order valence-corrected chi connectivity index (χ1v) is 10.8. The topological polar surface area (TPSA) is 133 Å². The molecule has 6 aliphatic carbocycles. The van der Waals surface area contributed by atoms with Crippen LogP contribution >= 0.6 is 0 Å². The van der Waals surface area contributed by atoms with E-state index in [1.807, 2.05) is 0 Å². The summed E-state index contributed by atoms with van der Waals surface area (Å²) in [6.45, 7) is 0. The van der Waals surface area contributed by atoms with Crippen molar-refractivity contribution in [3.63, 3.8) is 0 Å². The Labute approximate surface area is 176 Å². The van der Waals surface area contributed by atoms with Gasteiger partial charge < -0.3 is 20.3 Å². The van der Waals surface area contributed by atoms with Crippen molar-refractivity contribution in [2.75, 3.05) is 14.2 Å². The molecule has 0 atom stereocenters. The van der Waals surface area contributed by atoms with Gasteiger partial charge >= 0.3 is 17.9 Å². The van der Waals surface area contributed by atoms with Gasteiger partial charge in [-0.15, -0.1) is 0 Å². The van der Waals surface area contributed by atoms with Crippen molar-refractivity contribution in [2.24, 2.45) is 27.4 Å². The third-order valence-electron chi connectivity index (χ3n) is 8.71. The van der Waals surface area contributed by atoms with Crippen LogP contribution in [0.1, 0.15) is 77.0 Å². The molecule has 168 valence electrons. The molecule has 6 aliphatic rings. The van der Waals surface area contributed by atoms with E-state index in [9.17, 15) is 24.3 Å². The number of rotatable bonds is 4. The van der Waals surface area contributed by atoms with Crippen LogP contribution in [0.15, 0.2) is 0 Å². The molecule has 1 amide bonds. The second-order valence-electron chi connectivity index (χ2n) is 9.77. The molecule has 4 bridgehead atoms. The standard InChI is InChI=1S/C11H17NO3.C11H16O4/c2*1-15-9(14)11-5-2-10(3-6-11,4-7-11)8(12)13/h2-7H2,1H3,(H2,12,13);2-7H2,1H3,(H,12,13). The average Bonchev–Trinajstić information content (AvgIpc) is 2.80. The molecule has 0 spiro atoms. The molecule has 8 heteroatoms. The number of carbonyl (C=O) groups is 4. The van der Waals surface area contributed by atoms with Crippen molar-refractivity contribution < 1.29 is 33.8 Å². The van der Waals surface area contributed by atoms with E-state index in [-0.39, 0.29) is 34.1 Å². The summed E-state index contributed by atoms with van der Waals surface area (Å²) >= 11 is 0. The van der Waals surface area contributed by atoms with Crippen LogP contribution in [-0.2, 0) is 28.7 Å². The Kier molecular flexibility index (Phi) is 5.91. The number of ether oxygens (including phenoxy) is 2. The van der Waals surface area contributed by atoms with Gasteiger partial charge in [0.05, 0.1) is 30.5 Å². The quantitative estimate of drug-likeness (QED) is 0.664. The highest BCUT2D eigenvalue weighted by molar-refractivity contribution is 5.84. The molecule has 6 saturated carbocycles. The molecule has 0 aromatic carbocycles. The summed E-state index contributed by atoms with van der Waals surface area (Å²) in [4.78, 5) is 45.9. The molecule has 8 nitrogen and oxygen atoms in total. The van der Waals surface area contributed by atoms with Gasteiger partial charge in [0.1, 0.15) is 0 Å². The van der Waals surface area contributed by atoms with E-state index in [1.54, 1.807) is 0 Å². The molecule has 0 aromatic heterocycles. The van der Waals surface area contributed by atoms with Gasteiger partial charge in [-0.2, -0.15) is 0 Å². The van der Waals surface area contributed by atoms with Gasteiger partial charge in [-0.1, -0.05) is 0 Å². The highest BCUT2D eigenvalue weighted by Crippen LogP contribution is 2.58. The summed E-state index contributed by atoms with van der Waals surface area (Å²) in [5.41, 5.74) is 3.88. The Bertz CT molecular complexity index is 633. The van der Waals surface area contributed by atoms with E-state index in [1.165, 1.54) is 14.2 Å². The van der Waals surface area contributed by atoms with E-state index in [0.717, 1.165) is 38.5 Å². The summed E-state index contributed by atoms with van der Waals surface area (Å²) in [5, 5.41) is 9.18. The van der Waals surface area contributed by atoms with E-state index >= 15 is 0 Å². The number of hydrogen-bond donors (Lipinski definition) is 2. The number of methoxy groups -OCH3 is 2. The fourth-order valence-corrected chi connectivity index (χ4v) is 6.11. The molecular weight excluding hydrogens is 390 g/mol. The fourth-order valence-electron chi connectivity index (χ4n) is 6.11. The van der Waals surface area contributed by atoms with Gasteiger partial charge in [-0.05, 0) is 77.0 Å². The smallest absolute Gasteiger partial charge is 0.311 e. The van der Waals surface area contributed by atoms with E-state index in [4.69, 9.17) is 15.2 Å². The number of nitrogens with two attached hydrogens (primary N) is 1. The minimum absolute atomic E-state index is 0.111. The van der Waals surface area contributed by atoms with Crippen molar-refractivity contribution in [3.8, 4) is 0 Å². The number of amides is 1. The van der Waals surface area contributed by atoms with Crippen LogP contribution in [0.25, 0.3) is 0 Å². The largest absolute Gasteiger partial charge is 0.481 e. The highest BCUT2D eigenvalue weighted by atomic mass is 16.5. The summed E-state index contributed by atoms with van der Waals surface area (Å²) in [6.07, 6.45) is 8.39. The predicted octanol–water partition coefficient (Wildman–Crippen LogP) is 2.57. The lowest BCUT2D eigenvalue weighted by atomic mass is 9.53. The molecule has 6 fully saturated rings. The minimum atomic E-state index is -0.694. The Balaban J connectivity index is 0.000000171. The first-order chi connectivity index (χ1) is 14.1. The molecule has 30 heavy (non-hydrogen) atoms. The maximum Gasteiger partial charge on any atom is 0.311 e. The molecule has 3 N–H and O–H groups in total. The first kappa shape index (κ1) is 22.6. The number of carboxylic acid groups (broad SMARTS) is 1. The normalized spacial score (nSPS) is 38.7. The number of primary amides is 1. The number of carbonyl (C=O) groups excluding carboxylic acids is 3. The van der Waals surface area contributed by atoms with Gasteiger partial charge in [-0.25, -0.2) is 0 Å². The van der Waals surface area contributed by atoms with Crippen molar-refractivity contribution >= 4 is 23.8 Å². The van der Waals surface area contributed by atoms with Crippen LogP contribution in [-0.4, -0.2) is 43.1 Å². The van der Waals surface area contributed by atoms with Gasteiger partial charge in [0.15, 0.2) is 0 Å². The Hall–Kier alpha value is -2.12. The number of hydrogen-bond acceptors (Lipinski definition) is 6. The second kappa shape index (κ2) is 7.85. The lowest BCUT2D eigenvalue weighted by Gasteiger charge is -2.50. The Morgan fingerprint density at radius 1 is 0.600 bits per heavy atom. The number of carboxylic acids is 1. The minimum Gasteiger partial charge on any atom is -0.481 e. The van der Waals surface area contributed by atoms with Gasteiger partial charge in [0.2, 0.25) is 5.91 Å². The molecule has 0 heterocycles. The molecule has 0 aliphatic heterocycles. The number of fused-ring (bicyclic) bond motifs is 6. The van der Waals surface area contributed by atoms with Crippen LogP contribution in [0.5, 0.6) is 0 Å². The van der Waals surface area contributed by atoms with Crippen molar-refractivity contribution in [1.29, 1.82) is 0 Å². The zero-order valence-corrected chi connectivity index (χ0v) is 18.0. The molecule has 0 radical (unpaired) electrons. The fraction of sp³-hybridized carbons (Fsp3) is 0.818. The maximum atomic E-state index is 11.7. The van der Waals surface area contributed by atoms with Gasteiger partial charge in [0, 0.05) is 5.41 Å². The predicted molar refractivity (Wildman–Crippen MR) is 106 cm³/mol. The summed E-state index contributed by atoms with van der Waals surface area (Å²) in [5.74, 6) is -1.15. The zero-order chi connectivity index (χ0) is 22.2. The van der Waals surface area contributed by atoms with Gasteiger partial charge in [0.25, 0.3) is 0 Å². The molecule has 0 aromatic rings. The Morgan fingerprint density at radius 3 is 1.10 bits per heavy atom. The van der Waals surface area contributed by atoms with Crippen LogP contribution in [0, 0.1) is 21.7 Å². The first-order valence-electron chi connectivity index (χ1n) is 10.8. The van der Waals surface area contributed by atoms with Crippen molar-refractivity contribution in [1.82, 2.24) is 0 Å². The number of aliphatic carboxylic acids is 1. The number of esters is 2. The summed E-state index contributed by atoms with van der Waals surface area (Å²) < 4.78 is 9.66. The average molecular weight is 424 g/mol. The lowest BCUT2D eigenvalue weighted by molar-refractivity contribution is -0.172.